The van der Waals surface area contributed by atoms with Crippen LogP contribution >= 0.6 is 23.2 Å². The monoisotopic (exact) mass is 298 g/mol. The van der Waals surface area contributed by atoms with Gasteiger partial charge in [0, 0.05) is 28.6 Å². The summed E-state index contributed by atoms with van der Waals surface area (Å²) >= 11 is 11.7. The molecular weight excluding hydrogens is 287 g/mol. The van der Waals surface area contributed by atoms with E-state index in [-0.39, 0.29) is 5.91 Å². The van der Waals surface area contributed by atoms with Crippen molar-refractivity contribution in [3.05, 3.63) is 46.0 Å². The lowest BCUT2D eigenvalue weighted by molar-refractivity contribution is 0.0953. The van der Waals surface area contributed by atoms with Crippen molar-refractivity contribution in [2.45, 2.75) is 12.8 Å². The molecule has 0 spiro atoms. The highest BCUT2D eigenvalue weighted by Crippen LogP contribution is 2.18. The van der Waals surface area contributed by atoms with E-state index in [1.165, 1.54) is 6.33 Å². The van der Waals surface area contributed by atoms with Crippen LogP contribution in [-0.4, -0.2) is 27.6 Å². The first-order chi connectivity index (χ1) is 9.15. The predicted molar refractivity (Wildman–Crippen MR) is 73.5 cm³/mol. The molecular formula is C12H12Cl2N4O. The number of aromatic amines is 1. The Kier molecular flexibility index (Phi) is 4.76. The second kappa shape index (κ2) is 6.54. The molecule has 7 heteroatoms. The molecule has 0 aliphatic heterocycles. The number of halogens is 2. The van der Waals surface area contributed by atoms with E-state index in [1.54, 1.807) is 18.2 Å². The molecule has 0 bridgehead atoms. The minimum absolute atomic E-state index is 0.193. The van der Waals surface area contributed by atoms with Crippen molar-refractivity contribution in [2.24, 2.45) is 0 Å². The largest absolute Gasteiger partial charge is 0.352 e. The van der Waals surface area contributed by atoms with E-state index < -0.39 is 0 Å². The lowest BCUT2D eigenvalue weighted by Gasteiger charge is -2.05. The summed E-state index contributed by atoms with van der Waals surface area (Å²) < 4.78 is 0. The molecule has 1 aromatic carbocycles. The minimum atomic E-state index is -0.193. The van der Waals surface area contributed by atoms with Gasteiger partial charge < -0.3 is 5.32 Å². The molecule has 0 aliphatic rings. The average molecular weight is 299 g/mol. The van der Waals surface area contributed by atoms with Gasteiger partial charge in [-0.25, -0.2) is 4.98 Å². The molecule has 1 amide bonds. The van der Waals surface area contributed by atoms with Gasteiger partial charge in [-0.15, -0.1) is 0 Å². The van der Waals surface area contributed by atoms with Gasteiger partial charge in [0.1, 0.15) is 12.2 Å². The summed E-state index contributed by atoms with van der Waals surface area (Å²) in [5.74, 6) is 0.613. The molecule has 2 aromatic rings. The maximum absolute atomic E-state index is 11.8. The number of hydrogen-bond acceptors (Lipinski definition) is 3. The maximum atomic E-state index is 11.8. The number of nitrogens with one attached hydrogen (secondary N) is 2. The van der Waals surface area contributed by atoms with E-state index >= 15 is 0 Å². The van der Waals surface area contributed by atoms with Gasteiger partial charge in [-0.05, 0) is 24.6 Å². The van der Waals surface area contributed by atoms with Crippen LogP contribution in [0.3, 0.4) is 0 Å². The lowest BCUT2D eigenvalue weighted by atomic mass is 10.2. The molecule has 0 radical (unpaired) electrons. The lowest BCUT2D eigenvalue weighted by Crippen LogP contribution is -2.24. The Hall–Kier alpha value is -1.59. The fourth-order valence-corrected chi connectivity index (χ4v) is 2.12. The van der Waals surface area contributed by atoms with Gasteiger partial charge in [-0.2, -0.15) is 5.10 Å². The first kappa shape index (κ1) is 13.8. The van der Waals surface area contributed by atoms with Crippen molar-refractivity contribution < 1.29 is 4.79 Å². The summed E-state index contributed by atoms with van der Waals surface area (Å²) in [7, 11) is 0. The molecule has 5 nitrogen and oxygen atoms in total. The van der Waals surface area contributed by atoms with Crippen molar-refractivity contribution >= 4 is 29.1 Å². The van der Waals surface area contributed by atoms with Crippen molar-refractivity contribution in [1.29, 1.82) is 0 Å². The van der Waals surface area contributed by atoms with Crippen LogP contribution in [0, 0.1) is 0 Å². The highest BCUT2D eigenvalue weighted by molar-refractivity contribution is 6.35. The molecule has 0 fully saturated rings. The van der Waals surface area contributed by atoms with Crippen LogP contribution in [0.1, 0.15) is 22.6 Å². The van der Waals surface area contributed by atoms with Crippen molar-refractivity contribution in [1.82, 2.24) is 20.5 Å². The quantitative estimate of drug-likeness (QED) is 0.833. The van der Waals surface area contributed by atoms with Crippen LogP contribution in [0.25, 0.3) is 0 Å². The number of aryl methyl sites for hydroxylation is 1. The Balaban J connectivity index is 1.80. The molecule has 0 unspecified atom stereocenters. The number of aromatic nitrogens is 3. The standard InChI is InChI=1S/C12H12Cl2N4O/c13-9-4-8(5-10(14)6-9)12(19)15-3-1-2-11-16-7-17-18-11/h4-7H,1-3H2,(H,15,19)(H,16,17,18). The Morgan fingerprint density at radius 3 is 2.63 bits per heavy atom. The Morgan fingerprint density at radius 2 is 2.00 bits per heavy atom. The molecule has 0 atom stereocenters. The highest BCUT2D eigenvalue weighted by atomic mass is 35.5. The molecule has 100 valence electrons. The zero-order chi connectivity index (χ0) is 13.7. The highest BCUT2D eigenvalue weighted by Gasteiger charge is 2.07. The number of carbonyl (C=O) groups is 1. The Labute approximate surface area is 120 Å². The third-order valence-electron chi connectivity index (χ3n) is 2.47. The summed E-state index contributed by atoms with van der Waals surface area (Å²) in [6.07, 6.45) is 2.97. The van der Waals surface area contributed by atoms with Crippen molar-refractivity contribution in [2.75, 3.05) is 6.54 Å². The summed E-state index contributed by atoms with van der Waals surface area (Å²) in [4.78, 5) is 15.8. The number of H-pyrrole nitrogens is 1. The summed E-state index contributed by atoms with van der Waals surface area (Å²) in [6.45, 7) is 0.545. The second-order valence-corrected chi connectivity index (χ2v) is 4.82. The van der Waals surface area contributed by atoms with E-state index in [0.717, 1.165) is 18.7 Å². The van der Waals surface area contributed by atoms with Crippen molar-refractivity contribution in [3.8, 4) is 0 Å². The zero-order valence-corrected chi connectivity index (χ0v) is 11.5. The molecule has 1 aromatic heterocycles. The fraction of sp³-hybridized carbons (Fsp3) is 0.250. The van der Waals surface area contributed by atoms with Crippen LogP contribution in [0.2, 0.25) is 10.0 Å². The van der Waals surface area contributed by atoms with Gasteiger partial charge >= 0.3 is 0 Å². The van der Waals surface area contributed by atoms with E-state index in [1.807, 2.05) is 0 Å². The Morgan fingerprint density at radius 1 is 1.26 bits per heavy atom. The molecule has 2 rings (SSSR count). The third kappa shape index (κ3) is 4.22. The minimum Gasteiger partial charge on any atom is -0.352 e. The van der Waals surface area contributed by atoms with E-state index in [9.17, 15) is 4.79 Å². The van der Waals surface area contributed by atoms with Gasteiger partial charge in [0.25, 0.3) is 5.91 Å². The Bertz CT molecular complexity index is 537. The summed E-state index contributed by atoms with van der Waals surface area (Å²) in [5.41, 5.74) is 0.456. The number of carbonyl (C=O) groups excluding carboxylic acids is 1. The first-order valence-electron chi connectivity index (χ1n) is 5.73. The van der Waals surface area contributed by atoms with E-state index in [2.05, 4.69) is 20.5 Å². The molecule has 0 saturated heterocycles. The number of hydrogen-bond donors (Lipinski definition) is 2. The van der Waals surface area contributed by atoms with Crippen LogP contribution in [0.5, 0.6) is 0 Å². The first-order valence-corrected chi connectivity index (χ1v) is 6.49. The SMILES string of the molecule is O=C(NCCCc1ncn[nH]1)c1cc(Cl)cc(Cl)c1. The molecule has 19 heavy (non-hydrogen) atoms. The molecule has 0 saturated carbocycles. The van der Waals surface area contributed by atoms with Crippen LogP contribution in [0.4, 0.5) is 0 Å². The van der Waals surface area contributed by atoms with Gasteiger partial charge in [0.05, 0.1) is 0 Å². The van der Waals surface area contributed by atoms with Crippen molar-refractivity contribution in [3.63, 3.8) is 0 Å². The molecule has 2 N–H and O–H groups in total. The van der Waals surface area contributed by atoms with Crippen LogP contribution < -0.4 is 5.32 Å². The normalized spacial score (nSPS) is 10.4. The maximum Gasteiger partial charge on any atom is 0.251 e. The van der Waals surface area contributed by atoms with Gasteiger partial charge in [-0.3, -0.25) is 9.89 Å². The van der Waals surface area contributed by atoms with Crippen LogP contribution in [-0.2, 0) is 6.42 Å². The topological polar surface area (TPSA) is 70.7 Å². The number of rotatable bonds is 5. The van der Waals surface area contributed by atoms with Gasteiger partial charge in [-0.1, -0.05) is 23.2 Å². The smallest absolute Gasteiger partial charge is 0.251 e. The number of benzene rings is 1. The summed E-state index contributed by atoms with van der Waals surface area (Å²) in [5, 5.41) is 10.2. The molecule has 1 heterocycles. The third-order valence-corrected chi connectivity index (χ3v) is 2.90. The molecule has 0 aliphatic carbocycles. The van der Waals surface area contributed by atoms with Gasteiger partial charge in [0.2, 0.25) is 0 Å². The fourth-order valence-electron chi connectivity index (χ4n) is 1.60. The van der Waals surface area contributed by atoms with Gasteiger partial charge in [0.15, 0.2) is 0 Å². The van der Waals surface area contributed by atoms with E-state index in [0.29, 0.717) is 22.2 Å². The number of amides is 1. The number of nitrogens with zero attached hydrogens (tertiary/aromatic N) is 2. The zero-order valence-electron chi connectivity index (χ0n) is 9.99. The predicted octanol–water partition coefficient (Wildman–Crippen LogP) is 2.47. The average Bonchev–Trinajstić information content (AvgIpc) is 2.86. The van der Waals surface area contributed by atoms with Crippen LogP contribution in [0.15, 0.2) is 24.5 Å². The summed E-state index contributed by atoms with van der Waals surface area (Å²) in [6, 6.07) is 4.75. The van der Waals surface area contributed by atoms with E-state index in [4.69, 9.17) is 23.2 Å². The second-order valence-electron chi connectivity index (χ2n) is 3.95.